The minimum absolute atomic E-state index is 0.285. The average molecular weight is 164 g/mol. The Hall–Kier alpha value is -1.44. The van der Waals surface area contributed by atoms with Gasteiger partial charge >= 0.3 is 0 Å². The number of hydrogen-bond donors (Lipinski definition) is 2. The van der Waals surface area contributed by atoms with Gasteiger partial charge in [0.25, 0.3) is 0 Å². The highest BCUT2D eigenvalue weighted by atomic mass is 14.5. The Morgan fingerprint density at radius 1 is 0.917 bits per heavy atom. The summed E-state index contributed by atoms with van der Waals surface area (Å²) in [7, 11) is 0. The molecule has 66 valence electrons. The second-order valence-electron chi connectivity index (χ2n) is 1.55. The van der Waals surface area contributed by atoms with Crippen LogP contribution < -0.4 is 0 Å². The van der Waals surface area contributed by atoms with Gasteiger partial charge in [0, 0.05) is 0 Å². The van der Waals surface area contributed by atoms with Crippen molar-refractivity contribution in [2.24, 2.45) is 0 Å². The molecule has 0 fully saturated rings. The molecule has 1 aliphatic carbocycles. The lowest BCUT2D eigenvalue weighted by atomic mass is 10.1. The predicted octanol–water partition coefficient (Wildman–Crippen LogP) is 2.98. The van der Waals surface area contributed by atoms with Crippen molar-refractivity contribution in [3.05, 3.63) is 37.5 Å². The third kappa shape index (κ3) is 5.35. The Labute approximate surface area is 74.3 Å². The molecule has 2 heteroatoms. The SMILES string of the molecule is C=C.CC.N=C1C=CC=CC1=N. The Morgan fingerprint density at radius 3 is 1.33 bits per heavy atom. The van der Waals surface area contributed by atoms with Crippen LogP contribution in [-0.4, -0.2) is 11.4 Å². The molecule has 2 nitrogen and oxygen atoms in total. The van der Waals surface area contributed by atoms with E-state index in [2.05, 4.69) is 13.2 Å². The van der Waals surface area contributed by atoms with Gasteiger partial charge in [-0.15, -0.1) is 13.2 Å². The molecular formula is C10H16N2. The van der Waals surface area contributed by atoms with Crippen molar-refractivity contribution in [2.45, 2.75) is 13.8 Å². The van der Waals surface area contributed by atoms with E-state index in [1.807, 2.05) is 13.8 Å². The van der Waals surface area contributed by atoms with Crippen LogP contribution in [0.25, 0.3) is 0 Å². The summed E-state index contributed by atoms with van der Waals surface area (Å²) in [6.07, 6.45) is 6.70. The van der Waals surface area contributed by atoms with Crippen LogP contribution in [-0.2, 0) is 0 Å². The number of allylic oxidation sites excluding steroid dienone is 4. The highest BCUT2D eigenvalue weighted by Gasteiger charge is 1.97. The standard InChI is InChI=1S/C6H6N2.C2H6.C2H4/c7-5-3-1-2-4-6(5)8;2*1-2/h1-4,7-8H;1-2H3;1-2H2. The van der Waals surface area contributed by atoms with Crippen molar-refractivity contribution >= 4 is 11.4 Å². The fraction of sp³-hybridized carbons (Fsp3) is 0.200. The summed E-state index contributed by atoms with van der Waals surface area (Å²) in [5, 5.41) is 14.1. The van der Waals surface area contributed by atoms with E-state index in [-0.39, 0.29) is 11.4 Å². The van der Waals surface area contributed by atoms with Gasteiger partial charge in [-0.3, -0.25) is 10.8 Å². The van der Waals surface area contributed by atoms with Gasteiger partial charge in [-0.2, -0.15) is 0 Å². The Balaban J connectivity index is 0. The lowest BCUT2D eigenvalue weighted by molar-refractivity contribution is 1.49. The zero-order valence-corrected chi connectivity index (χ0v) is 7.72. The summed E-state index contributed by atoms with van der Waals surface area (Å²) in [4.78, 5) is 0. The van der Waals surface area contributed by atoms with Gasteiger partial charge in [0.05, 0.1) is 11.4 Å². The van der Waals surface area contributed by atoms with Crippen LogP contribution in [0.4, 0.5) is 0 Å². The average Bonchev–Trinajstić information content (AvgIpc) is 2.17. The molecule has 0 aromatic carbocycles. The summed E-state index contributed by atoms with van der Waals surface area (Å²) in [6.45, 7) is 10.0. The highest BCUT2D eigenvalue weighted by Crippen LogP contribution is 1.91. The van der Waals surface area contributed by atoms with Crippen LogP contribution in [0, 0.1) is 10.8 Å². The van der Waals surface area contributed by atoms with Gasteiger partial charge in [0.15, 0.2) is 0 Å². The molecule has 0 saturated carbocycles. The van der Waals surface area contributed by atoms with E-state index in [0.717, 1.165) is 0 Å². The fourth-order valence-electron chi connectivity index (χ4n) is 0.483. The topological polar surface area (TPSA) is 47.7 Å². The predicted molar refractivity (Wildman–Crippen MR) is 56.3 cm³/mol. The third-order valence-electron chi connectivity index (χ3n) is 0.927. The molecule has 0 bridgehead atoms. The molecule has 0 aliphatic heterocycles. The van der Waals surface area contributed by atoms with E-state index in [1.165, 1.54) is 0 Å². The van der Waals surface area contributed by atoms with E-state index in [9.17, 15) is 0 Å². The third-order valence-corrected chi connectivity index (χ3v) is 0.927. The van der Waals surface area contributed by atoms with Crippen LogP contribution in [0.15, 0.2) is 37.5 Å². The Morgan fingerprint density at radius 2 is 1.17 bits per heavy atom. The number of hydrogen-bond acceptors (Lipinski definition) is 2. The summed E-state index contributed by atoms with van der Waals surface area (Å²) in [5.74, 6) is 0. The molecule has 2 N–H and O–H groups in total. The zero-order chi connectivity index (χ0) is 9.98. The van der Waals surface area contributed by atoms with Crippen LogP contribution >= 0.6 is 0 Å². The van der Waals surface area contributed by atoms with Crippen molar-refractivity contribution in [2.75, 3.05) is 0 Å². The van der Waals surface area contributed by atoms with E-state index < -0.39 is 0 Å². The maximum Gasteiger partial charge on any atom is 0.0789 e. The van der Waals surface area contributed by atoms with E-state index >= 15 is 0 Å². The van der Waals surface area contributed by atoms with Crippen LogP contribution in [0.5, 0.6) is 0 Å². The first-order valence-electron chi connectivity index (χ1n) is 3.83. The molecule has 1 aliphatic rings. The molecule has 0 amide bonds. The van der Waals surface area contributed by atoms with Crippen LogP contribution in [0.1, 0.15) is 13.8 Å². The van der Waals surface area contributed by atoms with Crippen molar-refractivity contribution in [3.63, 3.8) is 0 Å². The second kappa shape index (κ2) is 9.56. The smallest absolute Gasteiger partial charge is 0.0789 e. The normalized spacial score (nSPS) is 12.5. The molecule has 12 heavy (non-hydrogen) atoms. The van der Waals surface area contributed by atoms with Crippen molar-refractivity contribution in [1.82, 2.24) is 0 Å². The van der Waals surface area contributed by atoms with Gasteiger partial charge in [0.2, 0.25) is 0 Å². The molecule has 0 saturated heterocycles. The van der Waals surface area contributed by atoms with Crippen LogP contribution in [0.3, 0.4) is 0 Å². The van der Waals surface area contributed by atoms with Crippen molar-refractivity contribution in [1.29, 1.82) is 10.8 Å². The lowest BCUT2D eigenvalue weighted by Crippen LogP contribution is -2.06. The molecule has 0 aromatic heterocycles. The van der Waals surface area contributed by atoms with Crippen LogP contribution in [0.2, 0.25) is 0 Å². The molecule has 0 unspecified atom stereocenters. The number of nitrogens with one attached hydrogen (secondary N) is 2. The summed E-state index contributed by atoms with van der Waals surface area (Å²) in [6, 6.07) is 0. The van der Waals surface area contributed by atoms with E-state index in [4.69, 9.17) is 10.8 Å². The maximum atomic E-state index is 7.03. The second-order valence-corrected chi connectivity index (χ2v) is 1.55. The summed E-state index contributed by atoms with van der Waals surface area (Å²) < 4.78 is 0. The number of rotatable bonds is 0. The molecule has 0 spiro atoms. The first-order chi connectivity index (χ1) is 5.80. The van der Waals surface area contributed by atoms with Gasteiger partial charge in [-0.1, -0.05) is 26.0 Å². The molecule has 0 aromatic rings. The minimum Gasteiger partial charge on any atom is -0.299 e. The molecule has 0 atom stereocenters. The Bertz CT molecular complexity index is 178. The van der Waals surface area contributed by atoms with E-state index in [0.29, 0.717) is 0 Å². The fourth-order valence-corrected chi connectivity index (χ4v) is 0.483. The monoisotopic (exact) mass is 164 g/mol. The van der Waals surface area contributed by atoms with Crippen molar-refractivity contribution < 1.29 is 0 Å². The first kappa shape index (κ1) is 13.2. The maximum absolute atomic E-state index is 7.03. The van der Waals surface area contributed by atoms with Gasteiger partial charge in [0.1, 0.15) is 0 Å². The molecule has 0 heterocycles. The summed E-state index contributed by atoms with van der Waals surface area (Å²) in [5.41, 5.74) is 0.569. The Kier molecular flexibility index (Phi) is 10.5. The minimum atomic E-state index is 0.285. The molecule has 0 radical (unpaired) electrons. The van der Waals surface area contributed by atoms with E-state index in [1.54, 1.807) is 24.3 Å². The molecule has 1 rings (SSSR count). The summed E-state index contributed by atoms with van der Waals surface area (Å²) >= 11 is 0. The molecular weight excluding hydrogens is 148 g/mol. The lowest BCUT2D eigenvalue weighted by Gasteiger charge is -1.96. The first-order valence-corrected chi connectivity index (χ1v) is 3.83. The quantitative estimate of drug-likeness (QED) is 0.408. The van der Waals surface area contributed by atoms with Gasteiger partial charge < -0.3 is 0 Å². The zero-order valence-electron chi connectivity index (χ0n) is 7.72. The largest absolute Gasteiger partial charge is 0.299 e. The van der Waals surface area contributed by atoms with Gasteiger partial charge in [-0.05, 0) is 12.2 Å². The van der Waals surface area contributed by atoms with Crippen molar-refractivity contribution in [3.8, 4) is 0 Å². The van der Waals surface area contributed by atoms with Gasteiger partial charge in [-0.25, -0.2) is 0 Å². The highest BCUT2D eigenvalue weighted by molar-refractivity contribution is 6.48.